The molecule has 1 rings (SSSR count). The Labute approximate surface area is 82.2 Å². The predicted octanol–water partition coefficient (Wildman–Crippen LogP) is 2.38. The monoisotopic (exact) mass is 208 g/mol. The van der Waals surface area contributed by atoms with Gasteiger partial charge in [0, 0.05) is 12.0 Å². The van der Waals surface area contributed by atoms with Crippen molar-refractivity contribution in [3.8, 4) is 5.88 Å². The summed E-state index contributed by atoms with van der Waals surface area (Å²) in [6.45, 7) is 3.87. The van der Waals surface area contributed by atoms with Gasteiger partial charge in [-0.25, -0.2) is 4.98 Å². The predicted molar refractivity (Wildman–Crippen MR) is 50.0 cm³/mol. The summed E-state index contributed by atoms with van der Waals surface area (Å²) in [4.78, 5) is 7.72. The fourth-order valence-corrected chi connectivity index (χ4v) is 0.865. The number of aromatic nitrogens is 2. The molecule has 0 spiro atoms. The molecule has 0 fully saturated rings. The summed E-state index contributed by atoms with van der Waals surface area (Å²) in [7, 11) is 0. The van der Waals surface area contributed by atoms with E-state index in [1.807, 2.05) is 13.8 Å². The fourth-order valence-electron chi connectivity index (χ4n) is 0.681. The second-order valence-corrected chi connectivity index (χ2v) is 2.95. The zero-order valence-electron chi connectivity index (χ0n) is 6.78. The van der Waals surface area contributed by atoms with E-state index < -0.39 is 0 Å². The molecule has 0 amide bonds. The van der Waals surface area contributed by atoms with Crippen LogP contribution in [0.25, 0.3) is 0 Å². The van der Waals surface area contributed by atoms with Crippen LogP contribution in [0.15, 0.2) is 6.07 Å². The first-order valence-corrected chi connectivity index (χ1v) is 3.71. The van der Waals surface area contributed by atoms with E-state index in [1.165, 1.54) is 6.07 Å². The van der Waals surface area contributed by atoms with E-state index in [2.05, 4.69) is 9.97 Å². The summed E-state index contributed by atoms with van der Waals surface area (Å²) in [5.41, 5.74) is 0. The van der Waals surface area contributed by atoms with Crippen LogP contribution in [0.1, 0.15) is 25.6 Å². The molecule has 0 atom stereocenters. The Bertz CT molecular complexity index is 245. The lowest BCUT2D eigenvalue weighted by atomic mass is 10.2. The Kier molecular flexibility index (Phi) is 4.28. The van der Waals surface area contributed by atoms with Crippen LogP contribution in [0.2, 0.25) is 5.15 Å². The van der Waals surface area contributed by atoms with E-state index in [4.69, 9.17) is 16.7 Å². The van der Waals surface area contributed by atoms with Gasteiger partial charge in [-0.3, -0.25) is 0 Å². The van der Waals surface area contributed by atoms with Gasteiger partial charge in [0.1, 0.15) is 11.0 Å². The van der Waals surface area contributed by atoms with Crippen LogP contribution < -0.4 is 0 Å². The minimum atomic E-state index is -0.0753. The molecule has 5 heteroatoms. The molecule has 0 saturated heterocycles. The molecule has 1 heterocycles. The molecular formula is C7H10Cl2N2O. The molecule has 0 bridgehead atoms. The summed E-state index contributed by atoms with van der Waals surface area (Å²) in [5, 5.41) is 9.29. The highest BCUT2D eigenvalue weighted by Gasteiger charge is 2.05. The van der Waals surface area contributed by atoms with E-state index >= 15 is 0 Å². The quantitative estimate of drug-likeness (QED) is 0.722. The highest BCUT2D eigenvalue weighted by atomic mass is 35.5. The highest BCUT2D eigenvalue weighted by molar-refractivity contribution is 6.29. The molecule has 0 saturated carbocycles. The van der Waals surface area contributed by atoms with Crippen LogP contribution in [-0.4, -0.2) is 15.1 Å². The molecule has 0 aliphatic carbocycles. The summed E-state index contributed by atoms with van der Waals surface area (Å²) in [6.07, 6.45) is 0. The topological polar surface area (TPSA) is 46.0 Å². The van der Waals surface area contributed by atoms with Crippen molar-refractivity contribution in [2.75, 3.05) is 0 Å². The Hall–Kier alpha value is -0.540. The highest BCUT2D eigenvalue weighted by Crippen LogP contribution is 2.16. The Balaban J connectivity index is 0.00000121. The van der Waals surface area contributed by atoms with Crippen LogP contribution in [0.3, 0.4) is 0 Å². The molecular weight excluding hydrogens is 199 g/mol. The second kappa shape index (κ2) is 4.48. The van der Waals surface area contributed by atoms with Crippen molar-refractivity contribution < 1.29 is 5.11 Å². The van der Waals surface area contributed by atoms with Gasteiger partial charge in [0.25, 0.3) is 0 Å². The second-order valence-electron chi connectivity index (χ2n) is 2.56. The number of halogens is 2. The van der Waals surface area contributed by atoms with Crippen molar-refractivity contribution in [1.82, 2.24) is 9.97 Å². The smallest absolute Gasteiger partial charge is 0.215 e. The first kappa shape index (κ1) is 11.5. The molecule has 1 aromatic heterocycles. The molecule has 0 aliphatic heterocycles. The molecule has 0 radical (unpaired) electrons. The maximum absolute atomic E-state index is 9.01. The van der Waals surface area contributed by atoms with Crippen LogP contribution in [0.5, 0.6) is 5.88 Å². The summed E-state index contributed by atoms with van der Waals surface area (Å²) < 4.78 is 0. The van der Waals surface area contributed by atoms with Gasteiger partial charge in [-0.2, -0.15) is 4.98 Å². The van der Waals surface area contributed by atoms with Crippen molar-refractivity contribution in [2.24, 2.45) is 0 Å². The maximum Gasteiger partial charge on any atom is 0.215 e. The zero-order valence-corrected chi connectivity index (χ0v) is 8.35. The number of aromatic hydroxyl groups is 1. The maximum atomic E-state index is 9.01. The minimum absolute atomic E-state index is 0. The molecule has 1 N–H and O–H groups in total. The van der Waals surface area contributed by atoms with Crippen LogP contribution in [0.4, 0.5) is 0 Å². The molecule has 68 valence electrons. The van der Waals surface area contributed by atoms with E-state index in [-0.39, 0.29) is 29.4 Å². The van der Waals surface area contributed by atoms with Crippen molar-refractivity contribution in [2.45, 2.75) is 19.8 Å². The van der Waals surface area contributed by atoms with Crippen LogP contribution >= 0.6 is 24.0 Å². The largest absolute Gasteiger partial charge is 0.493 e. The molecule has 12 heavy (non-hydrogen) atoms. The molecule has 0 unspecified atom stereocenters. The van der Waals surface area contributed by atoms with Gasteiger partial charge in [0.15, 0.2) is 0 Å². The third kappa shape index (κ3) is 2.83. The number of hydrogen-bond donors (Lipinski definition) is 1. The average Bonchev–Trinajstić information content (AvgIpc) is 1.85. The third-order valence-electron chi connectivity index (χ3n) is 1.22. The SMILES string of the molecule is CC(C)c1nc(O)cc(Cl)n1.Cl. The molecule has 3 nitrogen and oxygen atoms in total. The van der Waals surface area contributed by atoms with Crippen molar-refractivity contribution in [3.63, 3.8) is 0 Å². The number of rotatable bonds is 1. The lowest BCUT2D eigenvalue weighted by Gasteiger charge is -2.02. The summed E-state index contributed by atoms with van der Waals surface area (Å²) >= 11 is 5.58. The average molecular weight is 209 g/mol. The van der Waals surface area contributed by atoms with Gasteiger partial charge in [0.2, 0.25) is 5.88 Å². The number of nitrogens with zero attached hydrogens (tertiary/aromatic N) is 2. The van der Waals surface area contributed by atoms with E-state index in [1.54, 1.807) is 0 Å². The zero-order chi connectivity index (χ0) is 8.43. The van der Waals surface area contributed by atoms with Crippen LogP contribution in [0, 0.1) is 0 Å². The van der Waals surface area contributed by atoms with E-state index in [0.29, 0.717) is 5.82 Å². The lowest BCUT2D eigenvalue weighted by molar-refractivity contribution is 0.447. The standard InChI is InChI=1S/C7H9ClN2O.ClH/c1-4(2)7-9-5(8)3-6(11)10-7;/h3-4H,1-2H3,(H,9,10,11);1H. The van der Waals surface area contributed by atoms with Gasteiger partial charge < -0.3 is 5.11 Å². The first-order valence-electron chi connectivity index (χ1n) is 3.33. The molecule has 0 aromatic carbocycles. The summed E-state index contributed by atoms with van der Waals surface area (Å²) in [6, 6.07) is 1.31. The van der Waals surface area contributed by atoms with Crippen molar-refractivity contribution >= 4 is 24.0 Å². The molecule has 0 aliphatic rings. The number of hydrogen-bond acceptors (Lipinski definition) is 3. The normalized spacial score (nSPS) is 9.67. The van der Waals surface area contributed by atoms with E-state index in [9.17, 15) is 0 Å². The Morgan fingerprint density at radius 2 is 2.00 bits per heavy atom. The van der Waals surface area contributed by atoms with Crippen molar-refractivity contribution in [1.29, 1.82) is 0 Å². The minimum Gasteiger partial charge on any atom is -0.493 e. The fraction of sp³-hybridized carbons (Fsp3) is 0.429. The van der Waals surface area contributed by atoms with Gasteiger partial charge in [-0.1, -0.05) is 25.4 Å². The third-order valence-corrected chi connectivity index (χ3v) is 1.41. The van der Waals surface area contributed by atoms with Gasteiger partial charge >= 0.3 is 0 Å². The first-order chi connectivity index (χ1) is 5.09. The van der Waals surface area contributed by atoms with Crippen molar-refractivity contribution in [3.05, 3.63) is 17.0 Å². The van der Waals surface area contributed by atoms with Crippen LogP contribution in [-0.2, 0) is 0 Å². The van der Waals surface area contributed by atoms with Gasteiger partial charge in [0.05, 0.1) is 0 Å². The molecule has 1 aromatic rings. The lowest BCUT2D eigenvalue weighted by Crippen LogP contribution is -1.96. The Morgan fingerprint density at radius 1 is 1.42 bits per heavy atom. The Morgan fingerprint density at radius 3 is 2.42 bits per heavy atom. The van der Waals surface area contributed by atoms with E-state index in [0.717, 1.165) is 0 Å². The van der Waals surface area contributed by atoms with Gasteiger partial charge in [-0.15, -0.1) is 12.4 Å². The summed E-state index contributed by atoms with van der Waals surface area (Å²) in [5.74, 6) is 0.670. The van der Waals surface area contributed by atoms with Gasteiger partial charge in [-0.05, 0) is 0 Å².